The molecule has 68 valence electrons. The van der Waals surface area contributed by atoms with Gasteiger partial charge in [-0.15, -0.1) is 24.7 Å². The third-order valence-corrected chi connectivity index (χ3v) is 2.16. The maximum atomic E-state index is 11.3. The Bertz CT molecular complexity index is 267. The highest BCUT2D eigenvalue weighted by Crippen LogP contribution is 2.28. The summed E-state index contributed by atoms with van der Waals surface area (Å²) in [5.74, 6) is 4.13. The summed E-state index contributed by atoms with van der Waals surface area (Å²) in [6.07, 6.45) is 10.4. The van der Waals surface area contributed by atoms with Crippen molar-refractivity contribution in [3.05, 3.63) is 0 Å². The molecular formula is C11H12O2. The fraction of sp³-hybridized carbons (Fsp3) is 0.455. The minimum absolute atomic E-state index is 0.0852. The van der Waals surface area contributed by atoms with Crippen molar-refractivity contribution in [1.82, 2.24) is 0 Å². The fourth-order valence-electron chi connectivity index (χ4n) is 1.16. The molecule has 13 heavy (non-hydrogen) atoms. The Balaban J connectivity index is 5.09. The number of carbonyl (C=O) groups is 2. The van der Waals surface area contributed by atoms with E-state index in [0.29, 0.717) is 0 Å². The molecule has 0 aliphatic heterocycles. The van der Waals surface area contributed by atoms with E-state index in [9.17, 15) is 9.59 Å². The van der Waals surface area contributed by atoms with E-state index in [0.717, 1.165) is 0 Å². The maximum Gasteiger partial charge on any atom is 0.145 e. The van der Waals surface area contributed by atoms with E-state index in [1.54, 1.807) is 0 Å². The van der Waals surface area contributed by atoms with Crippen LogP contribution in [0, 0.1) is 30.1 Å². The van der Waals surface area contributed by atoms with Crippen molar-refractivity contribution >= 4 is 11.6 Å². The number of carbonyl (C=O) groups excluding carboxylic acids is 2. The summed E-state index contributed by atoms with van der Waals surface area (Å²) in [5, 5.41) is 0. The lowest BCUT2D eigenvalue weighted by molar-refractivity contribution is -0.137. The molecule has 0 fully saturated rings. The van der Waals surface area contributed by atoms with Gasteiger partial charge in [0.1, 0.15) is 17.0 Å². The molecule has 0 saturated heterocycles. The van der Waals surface area contributed by atoms with Crippen LogP contribution >= 0.6 is 0 Å². The van der Waals surface area contributed by atoms with E-state index in [2.05, 4.69) is 11.8 Å². The number of rotatable bonds is 4. The Hall–Kier alpha value is -1.54. The van der Waals surface area contributed by atoms with Crippen LogP contribution in [0.15, 0.2) is 0 Å². The first-order valence-electron chi connectivity index (χ1n) is 3.90. The number of terminal acetylenes is 2. The summed E-state index contributed by atoms with van der Waals surface area (Å²) < 4.78 is 0. The van der Waals surface area contributed by atoms with Crippen LogP contribution in [0.1, 0.15) is 26.7 Å². The Morgan fingerprint density at radius 1 is 1.08 bits per heavy atom. The Morgan fingerprint density at radius 2 is 1.38 bits per heavy atom. The predicted octanol–water partition coefficient (Wildman–Crippen LogP) is 1.20. The standard InChI is InChI=1S/C11H12O2/c1-5-7-11(8-6-2,9(3)12)10(4)13/h1-2H,7-8H2,3-4H3. The predicted molar refractivity (Wildman–Crippen MR) is 50.7 cm³/mol. The summed E-state index contributed by atoms with van der Waals surface area (Å²) in [7, 11) is 0. The van der Waals surface area contributed by atoms with Gasteiger partial charge < -0.3 is 0 Å². The van der Waals surface area contributed by atoms with Crippen molar-refractivity contribution in [2.45, 2.75) is 26.7 Å². The average Bonchev–Trinajstić information content (AvgIpc) is 2.03. The van der Waals surface area contributed by atoms with E-state index < -0.39 is 5.41 Å². The van der Waals surface area contributed by atoms with E-state index in [4.69, 9.17) is 12.8 Å². The van der Waals surface area contributed by atoms with Crippen molar-refractivity contribution in [3.63, 3.8) is 0 Å². The first kappa shape index (κ1) is 11.5. The second kappa shape index (κ2) is 4.48. The molecule has 0 heterocycles. The lowest BCUT2D eigenvalue weighted by Gasteiger charge is -2.23. The minimum atomic E-state index is -1.15. The first-order valence-corrected chi connectivity index (χ1v) is 3.90. The molecule has 0 amide bonds. The molecule has 0 aromatic carbocycles. The number of ketones is 2. The van der Waals surface area contributed by atoms with Gasteiger partial charge in [0, 0.05) is 12.8 Å². The van der Waals surface area contributed by atoms with Gasteiger partial charge in [-0.25, -0.2) is 0 Å². The van der Waals surface area contributed by atoms with Gasteiger partial charge in [0.15, 0.2) is 0 Å². The Kier molecular flexibility index (Phi) is 3.95. The second-order valence-electron chi connectivity index (χ2n) is 2.96. The molecule has 0 bridgehead atoms. The molecule has 0 aliphatic rings. The summed E-state index contributed by atoms with van der Waals surface area (Å²) >= 11 is 0. The number of hydrogen-bond acceptors (Lipinski definition) is 2. The average molecular weight is 176 g/mol. The maximum absolute atomic E-state index is 11.3. The molecule has 0 aromatic heterocycles. The third kappa shape index (κ3) is 2.20. The normalized spacial score (nSPS) is 9.85. The quantitative estimate of drug-likeness (QED) is 0.476. The molecule has 0 radical (unpaired) electrons. The summed E-state index contributed by atoms with van der Waals surface area (Å²) in [6.45, 7) is 2.69. The van der Waals surface area contributed by atoms with Crippen LogP contribution in [0.25, 0.3) is 0 Å². The summed E-state index contributed by atoms with van der Waals surface area (Å²) in [6, 6.07) is 0. The smallest absolute Gasteiger partial charge is 0.145 e. The molecule has 0 saturated carbocycles. The highest BCUT2D eigenvalue weighted by atomic mass is 16.2. The van der Waals surface area contributed by atoms with Crippen molar-refractivity contribution < 1.29 is 9.59 Å². The van der Waals surface area contributed by atoms with Gasteiger partial charge >= 0.3 is 0 Å². The van der Waals surface area contributed by atoms with Crippen molar-refractivity contribution in [3.8, 4) is 24.7 Å². The Morgan fingerprint density at radius 3 is 1.54 bits per heavy atom. The SMILES string of the molecule is C#CCC(CC#C)(C(C)=O)C(C)=O. The fourth-order valence-corrected chi connectivity index (χ4v) is 1.16. The first-order chi connectivity index (χ1) is 6.01. The minimum Gasteiger partial charge on any atom is -0.299 e. The van der Waals surface area contributed by atoms with Crippen LogP contribution in [0.5, 0.6) is 0 Å². The molecular weight excluding hydrogens is 164 g/mol. The topological polar surface area (TPSA) is 34.1 Å². The molecule has 0 aromatic rings. The number of Topliss-reactive ketones (excluding diaryl/α,β-unsaturated/α-hetero) is 2. The molecule has 0 atom stereocenters. The molecule has 2 heteroatoms. The molecule has 0 spiro atoms. The monoisotopic (exact) mass is 176 g/mol. The zero-order chi connectivity index (χ0) is 10.5. The highest BCUT2D eigenvalue weighted by Gasteiger charge is 2.38. The largest absolute Gasteiger partial charge is 0.299 e. The van der Waals surface area contributed by atoms with E-state index in [1.807, 2.05) is 0 Å². The van der Waals surface area contributed by atoms with Crippen molar-refractivity contribution in [2.24, 2.45) is 5.41 Å². The van der Waals surface area contributed by atoms with Gasteiger partial charge in [0.2, 0.25) is 0 Å². The zero-order valence-electron chi connectivity index (χ0n) is 7.89. The van der Waals surface area contributed by atoms with Crippen LogP contribution in [0.4, 0.5) is 0 Å². The number of hydrogen-bond donors (Lipinski definition) is 0. The van der Waals surface area contributed by atoms with Crippen LogP contribution in [0.3, 0.4) is 0 Å². The summed E-state index contributed by atoms with van der Waals surface area (Å²) in [4.78, 5) is 22.6. The molecule has 0 aliphatic carbocycles. The van der Waals surface area contributed by atoms with Gasteiger partial charge in [-0.1, -0.05) is 0 Å². The lowest BCUT2D eigenvalue weighted by Crippen LogP contribution is -2.35. The van der Waals surface area contributed by atoms with Gasteiger partial charge in [0.05, 0.1) is 0 Å². The van der Waals surface area contributed by atoms with Gasteiger partial charge in [-0.2, -0.15) is 0 Å². The molecule has 0 unspecified atom stereocenters. The van der Waals surface area contributed by atoms with Crippen molar-refractivity contribution in [2.75, 3.05) is 0 Å². The zero-order valence-corrected chi connectivity index (χ0v) is 7.89. The van der Waals surface area contributed by atoms with Crippen LogP contribution < -0.4 is 0 Å². The van der Waals surface area contributed by atoms with Gasteiger partial charge in [-0.3, -0.25) is 9.59 Å². The second-order valence-corrected chi connectivity index (χ2v) is 2.96. The van der Waals surface area contributed by atoms with Crippen LogP contribution in [-0.4, -0.2) is 11.6 Å². The molecule has 2 nitrogen and oxygen atoms in total. The van der Waals surface area contributed by atoms with Gasteiger partial charge in [0.25, 0.3) is 0 Å². The lowest BCUT2D eigenvalue weighted by atomic mass is 9.75. The molecule has 0 rings (SSSR count). The third-order valence-electron chi connectivity index (χ3n) is 2.16. The molecule has 0 N–H and O–H groups in total. The van der Waals surface area contributed by atoms with Crippen LogP contribution in [-0.2, 0) is 9.59 Å². The van der Waals surface area contributed by atoms with Gasteiger partial charge in [-0.05, 0) is 13.8 Å². The van der Waals surface area contributed by atoms with E-state index in [1.165, 1.54) is 13.8 Å². The van der Waals surface area contributed by atoms with Crippen molar-refractivity contribution in [1.29, 1.82) is 0 Å². The Labute approximate surface area is 78.7 Å². The van der Waals surface area contributed by atoms with Crippen LogP contribution in [0.2, 0.25) is 0 Å². The van der Waals surface area contributed by atoms with E-state index in [-0.39, 0.29) is 24.4 Å². The highest BCUT2D eigenvalue weighted by molar-refractivity contribution is 6.05. The van der Waals surface area contributed by atoms with E-state index >= 15 is 0 Å². The summed E-state index contributed by atoms with van der Waals surface area (Å²) in [5.41, 5.74) is -1.15.